The van der Waals surface area contributed by atoms with Crippen LogP contribution in [0.2, 0.25) is 0 Å². The van der Waals surface area contributed by atoms with Gasteiger partial charge in [0.05, 0.1) is 5.69 Å². The lowest BCUT2D eigenvalue weighted by atomic mass is 9.81. The minimum absolute atomic E-state index is 0.105. The first-order valence-electron chi connectivity index (χ1n) is 12.1. The molecular weight excluding hydrogens is 452 g/mol. The quantitative estimate of drug-likeness (QED) is 0.313. The van der Waals surface area contributed by atoms with Gasteiger partial charge in [-0.15, -0.1) is 0 Å². The van der Waals surface area contributed by atoms with E-state index in [4.69, 9.17) is 14.2 Å². The van der Waals surface area contributed by atoms with Crippen molar-refractivity contribution >= 4 is 5.97 Å². The summed E-state index contributed by atoms with van der Waals surface area (Å²) in [6.07, 6.45) is 3.43. The van der Waals surface area contributed by atoms with E-state index < -0.39 is 17.7 Å². The first kappa shape index (κ1) is 23.7. The van der Waals surface area contributed by atoms with Crippen LogP contribution in [0.25, 0.3) is 0 Å². The van der Waals surface area contributed by atoms with E-state index in [1.165, 1.54) is 0 Å². The number of aromatic nitrogens is 2. The summed E-state index contributed by atoms with van der Waals surface area (Å²) in [6, 6.07) is 28.8. The van der Waals surface area contributed by atoms with Crippen molar-refractivity contribution in [3.8, 4) is 6.01 Å². The van der Waals surface area contributed by atoms with E-state index in [1.54, 1.807) is 13.3 Å². The third-order valence-electron chi connectivity index (χ3n) is 6.55. The second-order valence-electron chi connectivity index (χ2n) is 8.74. The van der Waals surface area contributed by atoms with Crippen LogP contribution in [0.4, 0.5) is 0 Å². The smallest absolute Gasteiger partial charge is 0.351 e. The highest BCUT2D eigenvalue weighted by molar-refractivity contribution is 5.78. The number of hydrogen-bond acceptors (Lipinski definition) is 6. The molecule has 0 radical (unpaired) electrons. The molecule has 1 aromatic heterocycles. The molecule has 0 spiro atoms. The molecule has 1 unspecified atom stereocenters. The molecule has 3 aromatic carbocycles. The molecule has 36 heavy (non-hydrogen) atoms. The maximum atomic E-state index is 13.8. The van der Waals surface area contributed by atoms with E-state index >= 15 is 0 Å². The van der Waals surface area contributed by atoms with E-state index in [2.05, 4.69) is 9.97 Å². The van der Waals surface area contributed by atoms with Gasteiger partial charge in [0.2, 0.25) is 6.10 Å². The van der Waals surface area contributed by atoms with Crippen LogP contribution in [0.3, 0.4) is 0 Å². The Bertz CT molecular complexity index is 1260. The molecule has 0 fully saturated rings. The molecule has 0 aliphatic heterocycles. The first-order valence-corrected chi connectivity index (χ1v) is 12.1. The van der Waals surface area contributed by atoms with Crippen molar-refractivity contribution in [2.45, 2.75) is 37.6 Å². The molecule has 6 heteroatoms. The Hall–Kier alpha value is -4.03. The lowest BCUT2D eigenvalue weighted by Gasteiger charge is -2.38. The number of aryl methyl sites for hydroxylation is 2. The van der Waals surface area contributed by atoms with Crippen molar-refractivity contribution in [2.75, 3.05) is 7.11 Å². The number of methoxy groups -OCH3 is 1. The maximum absolute atomic E-state index is 13.8. The molecule has 0 N–H and O–H groups in total. The van der Waals surface area contributed by atoms with Gasteiger partial charge in [0.25, 0.3) is 0 Å². The number of carbonyl (C=O) groups excluding carboxylic acids is 1. The van der Waals surface area contributed by atoms with Gasteiger partial charge in [-0.25, -0.2) is 9.78 Å². The van der Waals surface area contributed by atoms with Crippen molar-refractivity contribution in [2.24, 2.45) is 0 Å². The predicted octanol–water partition coefficient (Wildman–Crippen LogP) is 5.05. The summed E-state index contributed by atoms with van der Waals surface area (Å²) in [7, 11) is 1.57. The Morgan fingerprint density at radius 2 is 1.50 bits per heavy atom. The summed E-state index contributed by atoms with van der Waals surface area (Å²) in [5.41, 5.74) is 3.15. The molecule has 0 saturated carbocycles. The van der Waals surface area contributed by atoms with Crippen molar-refractivity contribution in [3.05, 3.63) is 125 Å². The van der Waals surface area contributed by atoms with E-state index in [9.17, 15) is 4.79 Å². The summed E-state index contributed by atoms with van der Waals surface area (Å²) >= 11 is 0. The van der Waals surface area contributed by atoms with Gasteiger partial charge >= 0.3 is 12.0 Å². The molecule has 0 amide bonds. The van der Waals surface area contributed by atoms with Crippen LogP contribution in [0.1, 0.15) is 34.4 Å². The maximum Gasteiger partial charge on any atom is 0.351 e. The average Bonchev–Trinajstić information content (AvgIpc) is 3.42. The highest BCUT2D eigenvalue weighted by atomic mass is 16.6. The van der Waals surface area contributed by atoms with Crippen LogP contribution in [0.15, 0.2) is 97.2 Å². The van der Waals surface area contributed by atoms with Crippen molar-refractivity contribution in [3.63, 3.8) is 0 Å². The Balaban J connectivity index is 1.59. The number of rotatable bonds is 9. The second kappa shape index (κ2) is 10.7. The van der Waals surface area contributed by atoms with Gasteiger partial charge in [-0.05, 0) is 41.5 Å². The van der Waals surface area contributed by atoms with E-state index in [-0.39, 0.29) is 12.6 Å². The van der Waals surface area contributed by atoms with Gasteiger partial charge < -0.3 is 14.2 Å². The van der Waals surface area contributed by atoms with Gasteiger partial charge in [0.15, 0.2) is 5.60 Å². The molecule has 1 heterocycles. The van der Waals surface area contributed by atoms with Gasteiger partial charge in [0.1, 0.15) is 6.61 Å². The SMILES string of the molecule is COC(c1ccccc1)(c1ccccc1)C(Oc1ncc2c(n1)CCC2)C(=O)OCc1ccccc1. The van der Waals surface area contributed by atoms with Crippen LogP contribution < -0.4 is 4.74 Å². The van der Waals surface area contributed by atoms with Crippen molar-refractivity contribution in [1.82, 2.24) is 9.97 Å². The topological polar surface area (TPSA) is 70.5 Å². The van der Waals surface area contributed by atoms with Crippen LogP contribution >= 0.6 is 0 Å². The standard InChI is InChI=1S/C30H28N2O4/c1-34-30(24-15-7-3-8-16-24,25-17-9-4-10-18-25)27(28(33)35-21-22-12-5-2-6-13-22)36-29-31-20-23-14-11-19-26(23)32-29/h2-10,12-13,15-18,20,27H,11,14,19,21H2,1H3. The summed E-state index contributed by atoms with van der Waals surface area (Å²) in [4.78, 5) is 22.9. The molecule has 5 rings (SSSR count). The fourth-order valence-electron chi connectivity index (χ4n) is 4.74. The molecule has 4 aromatic rings. The second-order valence-corrected chi connectivity index (χ2v) is 8.74. The predicted molar refractivity (Wildman–Crippen MR) is 135 cm³/mol. The summed E-state index contributed by atoms with van der Waals surface area (Å²) in [6.45, 7) is 0.105. The van der Waals surface area contributed by atoms with Crippen LogP contribution in [0, 0.1) is 0 Å². The van der Waals surface area contributed by atoms with Crippen LogP contribution in [-0.2, 0) is 39.3 Å². The number of ether oxygens (including phenoxy) is 3. The summed E-state index contributed by atoms with van der Waals surface area (Å²) < 4.78 is 18.4. The number of fused-ring (bicyclic) bond motifs is 1. The fourth-order valence-corrected chi connectivity index (χ4v) is 4.74. The Morgan fingerprint density at radius 1 is 0.889 bits per heavy atom. The fraction of sp³-hybridized carbons (Fsp3) is 0.233. The van der Waals surface area contributed by atoms with Gasteiger partial charge in [-0.2, -0.15) is 4.98 Å². The number of benzene rings is 3. The average molecular weight is 481 g/mol. The Morgan fingerprint density at radius 3 is 2.11 bits per heavy atom. The molecule has 0 saturated heterocycles. The molecule has 1 aliphatic rings. The Kier molecular flexibility index (Phi) is 7.05. The van der Waals surface area contributed by atoms with Gasteiger partial charge in [-0.1, -0.05) is 91.0 Å². The van der Waals surface area contributed by atoms with E-state index in [0.29, 0.717) is 0 Å². The number of esters is 1. The molecule has 182 valence electrons. The highest BCUT2D eigenvalue weighted by Gasteiger charge is 2.50. The zero-order valence-electron chi connectivity index (χ0n) is 20.2. The lowest BCUT2D eigenvalue weighted by Crippen LogP contribution is -2.51. The van der Waals surface area contributed by atoms with Crippen molar-refractivity contribution in [1.29, 1.82) is 0 Å². The van der Waals surface area contributed by atoms with Crippen molar-refractivity contribution < 1.29 is 19.0 Å². The summed E-state index contributed by atoms with van der Waals surface area (Å²) in [5, 5.41) is 0. The first-order chi connectivity index (χ1) is 17.7. The minimum Gasteiger partial charge on any atom is -0.458 e. The monoisotopic (exact) mass is 480 g/mol. The van der Waals surface area contributed by atoms with Gasteiger partial charge in [-0.3, -0.25) is 0 Å². The third-order valence-corrected chi connectivity index (χ3v) is 6.55. The molecule has 0 bridgehead atoms. The molecule has 1 atom stereocenters. The normalized spacial score (nSPS) is 13.6. The minimum atomic E-state index is -1.31. The Labute approximate surface area is 210 Å². The van der Waals surface area contributed by atoms with Gasteiger partial charge in [0, 0.05) is 13.3 Å². The highest BCUT2D eigenvalue weighted by Crippen LogP contribution is 2.39. The number of nitrogens with zero attached hydrogens (tertiary/aromatic N) is 2. The van der Waals surface area contributed by atoms with Crippen LogP contribution in [0.5, 0.6) is 6.01 Å². The molecule has 6 nitrogen and oxygen atoms in total. The number of hydrogen-bond donors (Lipinski definition) is 0. The van der Waals surface area contributed by atoms with E-state index in [1.807, 2.05) is 91.0 Å². The largest absolute Gasteiger partial charge is 0.458 e. The van der Waals surface area contributed by atoms with E-state index in [0.717, 1.165) is 47.2 Å². The molecular formula is C30H28N2O4. The number of carbonyl (C=O) groups is 1. The zero-order valence-corrected chi connectivity index (χ0v) is 20.2. The molecule has 1 aliphatic carbocycles. The van der Waals surface area contributed by atoms with Crippen LogP contribution in [-0.4, -0.2) is 29.2 Å². The third kappa shape index (κ3) is 4.72. The lowest BCUT2D eigenvalue weighted by molar-refractivity contribution is -0.168. The summed E-state index contributed by atoms with van der Waals surface area (Å²) in [5.74, 6) is -0.572. The zero-order chi connectivity index (χ0) is 24.8.